The van der Waals surface area contributed by atoms with Crippen LogP contribution >= 0.6 is 0 Å². The lowest BCUT2D eigenvalue weighted by atomic mass is 10.0. The Kier molecular flexibility index (Phi) is 7.03. The molecule has 0 aliphatic carbocycles. The average molecular weight is 445 g/mol. The molecule has 3 rings (SSSR count). The van der Waals surface area contributed by atoms with Crippen LogP contribution in [-0.4, -0.2) is 61.4 Å². The Morgan fingerprint density at radius 3 is 2.61 bits per heavy atom. The molecule has 0 saturated heterocycles. The summed E-state index contributed by atoms with van der Waals surface area (Å²) in [5, 5.41) is 12.5. The Morgan fingerprint density at radius 2 is 2.00 bits per heavy atom. The van der Waals surface area contributed by atoms with E-state index < -0.39 is 21.9 Å². The lowest BCUT2D eigenvalue weighted by Crippen LogP contribution is -2.35. The maximum atomic E-state index is 12.7. The molecule has 1 aromatic carbocycles. The molecule has 0 bridgehead atoms. The predicted molar refractivity (Wildman–Crippen MR) is 113 cm³/mol. The van der Waals surface area contributed by atoms with Crippen molar-refractivity contribution in [3.63, 3.8) is 0 Å². The minimum atomic E-state index is -3.45. The van der Waals surface area contributed by atoms with E-state index in [1.54, 1.807) is 30.3 Å². The topological polar surface area (TPSA) is 126 Å². The van der Waals surface area contributed by atoms with Crippen molar-refractivity contribution >= 4 is 27.5 Å². The maximum absolute atomic E-state index is 12.7. The molecular formula is C21H23N3O6S. The fraction of sp³-hybridized carbons (Fsp3) is 0.286. The van der Waals surface area contributed by atoms with Gasteiger partial charge < -0.3 is 15.2 Å². The Bertz CT molecular complexity index is 1100. The van der Waals surface area contributed by atoms with Gasteiger partial charge in [0.15, 0.2) is 5.69 Å². The Morgan fingerprint density at radius 1 is 1.26 bits per heavy atom. The molecule has 2 aromatic rings. The van der Waals surface area contributed by atoms with Crippen LogP contribution in [-0.2, 0) is 25.3 Å². The first-order valence-electron chi connectivity index (χ1n) is 9.55. The first kappa shape index (κ1) is 22.4. The Labute approximate surface area is 180 Å². The third-order valence-electron chi connectivity index (χ3n) is 4.83. The number of esters is 1. The molecule has 31 heavy (non-hydrogen) atoms. The van der Waals surface area contributed by atoms with Gasteiger partial charge in [-0.2, -0.15) is 4.31 Å². The van der Waals surface area contributed by atoms with Crippen LogP contribution in [0.5, 0.6) is 5.75 Å². The SMILES string of the molecule is COC(=O)CNC(=O)c1ncc(C2=CCN(S(=O)(=O)Cc3ccccc3)CC2)cc1O. The molecule has 0 saturated carbocycles. The van der Waals surface area contributed by atoms with E-state index in [4.69, 9.17) is 0 Å². The summed E-state index contributed by atoms with van der Waals surface area (Å²) in [4.78, 5) is 27.2. The molecule has 0 unspecified atom stereocenters. The van der Waals surface area contributed by atoms with Gasteiger partial charge in [-0.1, -0.05) is 36.4 Å². The first-order chi connectivity index (χ1) is 14.8. The van der Waals surface area contributed by atoms with Crippen LogP contribution in [0.15, 0.2) is 48.7 Å². The average Bonchev–Trinajstić information content (AvgIpc) is 2.77. The van der Waals surface area contributed by atoms with E-state index >= 15 is 0 Å². The largest absolute Gasteiger partial charge is 0.505 e. The second kappa shape index (κ2) is 9.71. The number of hydrogen-bond donors (Lipinski definition) is 2. The maximum Gasteiger partial charge on any atom is 0.325 e. The van der Waals surface area contributed by atoms with E-state index in [1.807, 2.05) is 6.07 Å². The van der Waals surface area contributed by atoms with Crippen LogP contribution in [0, 0.1) is 0 Å². The summed E-state index contributed by atoms with van der Waals surface area (Å²) in [6.07, 6.45) is 3.66. The molecule has 1 aliphatic heterocycles. The van der Waals surface area contributed by atoms with E-state index in [9.17, 15) is 23.1 Å². The summed E-state index contributed by atoms with van der Waals surface area (Å²) in [5.41, 5.74) is 1.95. The highest BCUT2D eigenvalue weighted by Crippen LogP contribution is 2.27. The molecule has 10 heteroatoms. The molecule has 0 fully saturated rings. The molecule has 2 N–H and O–H groups in total. The number of nitrogens with zero attached hydrogens (tertiary/aromatic N) is 2. The highest BCUT2D eigenvalue weighted by atomic mass is 32.2. The van der Waals surface area contributed by atoms with Gasteiger partial charge in [-0.05, 0) is 29.2 Å². The van der Waals surface area contributed by atoms with Gasteiger partial charge in [0.1, 0.15) is 12.3 Å². The van der Waals surface area contributed by atoms with Gasteiger partial charge in [-0.25, -0.2) is 13.4 Å². The van der Waals surface area contributed by atoms with Crippen LogP contribution in [0.1, 0.15) is 28.0 Å². The highest BCUT2D eigenvalue weighted by molar-refractivity contribution is 7.88. The molecule has 0 spiro atoms. The third-order valence-corrected chi connectivity index (χ3v) is 6.65. The number of benzene rings is 1. The van der Waals surface area contributed by atoms with Crippen molar-refractivity contribution in [1.82, 2.24) is 14.6 Å². The van der Waals surface area contributed by atoms with Crippen molar-refractivity contribution in [2.75, 3.05) is 26.7 Å². The van der Waals surface area contributed by atoms with Gasteiger partial charge >= 0.3 is 5.97 Å². The predicted octanol–water partition coefficient (Wildman–Crippen LogP) is 1.31. The minimum absolute atomic E-state index is 0.0608. The number of aromatic hydroxyl groups is 1. The molecule has 9 nitrogen and oxygen atoms in total. The fourth-order valence-corrected chi connectivity index (χ4v) is 4.62. The summed E-state index contributed by atoms with van der Waals surface area (Å²) in [7, 11) is -2.25. The number of sulfonamides is 1. The van der Waals surface area contributed by atoms with Crippen molar-refractivity contribution < 1.29 is 27.9 Å². The summed E-state index contributed by atoms with van der Waals surface area (Å²) in [6, 6.07) is 10.4. The van der Waals surface area contributed by atoms with Crippen LogP contribution in [0.25, 0.3) is 5.57 Å². The number of amides is 1. The number of methoxy groups -OCH3 is 1. The zero-order valence-corrected chi connectivity index (χ0v) is 17.8. The smallest absolute Gasteiger partial charge is 0.325 e. The number of pyridine rings is 1. The first-order valence-corrected chi connectivity index (χ1v) is 11.2. The second-order valence-corrected chi connectivity index (χ2v) is 8.90. The van der Waals surface area contributed by atoms with E-state index in [0.29, 0.717) is 18.5 Å². The summed E-state index contributed by atoms with van der Waals surface area (Å²) < 4.78 is 31.2. The molecule has 1 aromatic heterocycles. The number of carbonyl (C=O) groups excluding carboxylic acids is 2. The summed E-state index contributed by atoms with van der Waals surface area (Å²) in [5.74, 6) is -1.72. The number of hydrogen-bond acceptors (Lipinski definition) is 7. The standard InChI is InChI=1S/C21H23N3O6S/c1-30-19(26)13-23-21(27)20-18(25)11-17(12-22-20)16-7-9-24(10-8-16)31(28,29)14-15-5-3-2-4-6-15/h2-7,11-12,25H,8-10,13-14H2,1H3,(H,23,27). The number of rotatable bonds is 7. The van der Waals surface area contributed by atoms with Crippen LogP contribution in [0.3, 0.4) is 0 Å². The number of carbonyl (C=O) groups is 2. The molecule has 1 amide bonds. The van der Waals surface area contributed by atoms with Crippen LogP contribution in [0.4, 0.5) is 0 Å². The minimum Gasteiger partial charge on any atom is -0.505 e. The van der Waals surface area contributed by atoms with E-state index in [-0.39, 0.29) is 30.3 Å². The zero-order valence-electron chi connectivity index (χ0n) is 16.9. The normalized spacial score (nSPS) is 14.5. The quantitative estimate of drug-likeness (QED) is 0.616. The molecular weight excluding hydrogens is 422 g/mol. The monoisotopic (exact) mass is 445 g/mol. The van der Waals surface area contributed by atoms with E-state index in [0.717, 1.165) is 11.1 Å². The number of nitrogens with one attached hydrogen (secondary N) is 1. The van der Waals surface area contributed by atoms with Crippen molar-refractivity contribution in [2.24, 2.45) is 0 Å². The fourth-order valence-electron chi connectivity index (χ4n) is 3.15. The van der Waals surface area contributed by atoms with E-state index in [2.05, 4.69) is 15.0 Å². The Balaban J connectivity index is 1.66. The van der Waals surface area contributed by atoms with Crippen molar-refractivity contribution in [3.8, 4) is 5.75 Å². The molecule has 164 valence electrons. The third kappa shape index (κ3) is 5.68. The summed E-state index contributed by atoms with van der Waals surface area (Å²) in [6.45, 7) is 0.187. The lowest BCUT2D eigenvalue weighted by Gasteiger charge is -2.26. The number of aromatic nitrogens is 1. The van der Waals surface area contributed by atoms with Crippen LogP contribution in [0.2, 0.25) is 0 Å². The molecule has 0 atom stereocenters. The van der Waals surface area contributed by atoms with Crippen molar-refractivity contribution in [1.29, 1.82) is 0 Å². The lowest BCUT2D eigenvalue weighted by molar-refractivity contribution is -0.139. The molecule has 2 heterocycles. The van der Waals surface area contributed by atoms with Gasteiger partial charge in [0, 0.05) is 19.3 Å². The van der Waals surface area contributed by atoms with Gasteiger partial charge in [-0.15, -0.1) is 0 Å². The number of ether oxygens (including phenoxy) is 1. The van der Waals surface area contributed by atoms with Gasteiger partial charge in [0.05, 0.1) is 12.9 Å². The van der Waals surface area contributed by atoms with E-state index in [1.165, 1.54) is 23.7 Å². The van der Waals surface area contributed by atoms with Gasteiger partial charge in [0.25, 0.3) is 5.91 Å². The molecule has 1 aliphatic rings. The van der Waals surface area contributed by atoms with Crippen molar-refractivity contribution in [3.05, 3.63) is 65.5 Å². The van der Waals surface area contributed by atoms with Gasteiger partial charge in [0.2, 0.25) is 10.0 Å². The zero-order chi connectivity index (χ0) is 22.4. The highest BCUT2D eigenvalue weighted by Gasteiger charge is 2.25. The van der Waals surface area contributed by atoms with Crippen molar-refractivity contribution in [2.45, 2.75) is 12.2 Å². The molecule has 0 radical (unpaired) electrons. The van der Waals surface area contributed by atoms with Crippen LogP contribution < -0.4 is 5.32 Å². The van der Waals surface area contributed by atoms with Gasteiger partial charge in [-0.3, -0.25) is 9.59 Å². The Hall–Kier alpha value is -3.24. The summed E-state index contributed by atoms with van der Waals surface area (Å²) >= 11 is 0. The second-order valence-electron chi connectivity index (χ2n) is 6.93.